The average molecular weight is 469 g/mol. The first-order valence-corrected chi connectivity index (χ1v) is 11.4. The lowest BCUT2D eigenvalue weighted by atomic mass is 9.92. The first-order chi connectivity index (χ1) is 16.2. The lowest BCUT2D eigenvalue weighted by Gasteiger charge is -2.25. The Morgan fingerprint density at radius 1 is 1.00 bits per heavy atom. The molecule has 0 bridgehead atoms. The third kappa shape index (κ3) is 5.88. The van der Waals surface area contributed by atoms with Crippen LogP contribution in [0.5, 0.6) is 0 Å². The summed E-state index contributed by atoms with van der Waals surface area (Å²) >= 11 is 0. The van der Waals surface area contributed by atoms with Crippen LogP contribution in [0.4, 0.5) is 0 Å². The topological polar surface area (TPSA) is 128 Å². The van der Waals surface area contributed by atoms with Gasteiger partial charge in [-0.25, -0.2) is 0 Å². The Morgan fingerprint density at radius 2 is 1.68 bits per heavy atom. The number of hydrogen-bond donors (Lipinski definition) is 4. The van der Waals surface area contributed by atoms with Crippen molar-refractivity contribution in [3.05, 3.63) is 59.7 Å². The Bertz CT molecular complexity index is 1030. The highest BCUT2D eigenvalue weighted by molar-refractivity contribution is 6.01. The van der Waals surface area contributed by atoms with Gasteiger partial charge in [0, 0.05) is 5.56 Å². The molecular weight excluding hydrogens is 436 g/mol. The first kappa shape index (κ1) is 25.6. The van der Waals surface area contributed by atoms with E-state index in [9.17, 15) is 24.6 Å². The van der Waals surface area contributed by atoms with Crippen molar-refractivity contribution in [3.8, 4) is 11.1 Å². The number of amides is 2. The van der Waals surface area contributed by atoms with Crippen molar-refractivity contribution >= 4 is 17.6 Å². The zero-order chi connectivity index (χ0) is 24.9. The van der Waals surface area contributed by atoms with Crippen molar-refractivity contribution in [1.29, 1.82) is 0 Å². The summed E-state index contributed by atoms with van der Waals surface area (Å²) in [7, 11) is 0. The van der Waals surface area contributed by atoms with Crippen LogP contribution in [0.1, 0.15) is 36.2 Å². The summed E-state index contributed by atoms with van der Waals surface area (Å²) in [5, 5.41) is 24.5. The summed E-state index contributed by atoms with van der Waals surface area (Å²) in [5.41, 5.74) is 1.62. The number of aliphatic hydroxyl groups is 2. The normalized spacial score (nSPS) is 18.8. The Balaban J connectivity index is 1.74. The number of carbonyl (C=O) groups excluding carboxylic acids is 3. The fourth-order valence-electron chi connectivity index (χ4n) is 3.80. The van der Waals surface area contributed by atoms with Gasteiger partial charge in [0.05, 0.1) is 25.9 Å². The molecule has 0 saturated carbocycles. The third-order valence-electron chi connectivity index (χ3n) is 5.93. The number of nitrogens with one attached hydrogen (secondary N) is 2. The minimum Gasteiger partial charge on any atom is -0.394 e. The highest BCUT2D eigenvalue weighted by atomic mass is 16.6. The molecule has 1 heterocycles. The Labute approximate surface area is 199 Å². The maximum absolute atomic E-state index is 13.0. The number of ether oxygens (including phenoxy) is 1. The zero-order valence-electron chi connectivity index (χ0n) is 19.7. The number of carbonyl (C=O) groups is 3. The summed E-state index contributed by atoms with van der Waals surface area (Å²) in [5.74, 6) is -1.52. The second-order valence-corrected chi connectivity index (χ2v) is 9.10. The largest absolute Gasteiger partial charge is 0.394 e. The van der Waals surface area contributed by atoms with Crippen LogP contribution >= 0.6 is 0 Å². The minimum atomic E-state index is -1.28. The van der Waals surface area contributed by atoms with Gasteiger partial charge in [-0.05, 0) is 42.0 Å². The van der Waals surface area contributed by atoms with E-state index in [0.717, 1.165) is 16.7 Å². The van der Waals surface area contributed by atoms with Gasteiger partial charge in [0.25, 0.3) is 5.91 Å². The molecule has 3 atom stereocenters. The second kappa shape index (κ2) is 10.9. The van der Waals surface area contributed by atoms with Gasteiger partial charge in [-0.2, -0.15) is 0 Å². The molecule has 2 unspecified atom stereocenters. The van der Waals surface area contributed by atoms with Crippen molar-refractivity contribution in [2.75, 3.05) is 19.8 Å². The highest BCUT2D eigenvalue weighted by Crippen LogP contribution is 2.30. The van der Waals surface area contributed by atoms with Gasteiger partial charge in [0.1, 0.15) is 6.04 Å². The van der Waals surface area contributed by atoms with Crippen molar-refractivity contribution in [3.63, 3.8) is 0 Å². The summed E-state index contributed by atoms with van der Waals surface area (Å²) in [6.45, 7) is 4.59. The van der Waals surface area contributed by atoms with Gasteiger partial charge in [-0.3, -0.25) is 14.4 Å². The average Bonchev–Trinajstić information content (AvgIpc) is 3.63. The SMILES string of the molecule is Cc1ccc(-c2ccccc2)cc1C(=O)N[C@@H](CO)C(=O)NC(CC(C)C)C(=O)C1(CO)CO1. The zero-order valence-corrected chi connectivity index (χ0v) is 19.7. The molecule has 1 aliphatic heterocycles. The van der Waals surface area contributed by atoms with E-state index in [0.29, 0.717) is 12.0 Å². The maximum Gasteiger partial charge on any atom is 0.252 e. The number of ketones is 1. The van der Waals surface area contributed by atoms with E-state index in [1.54, 1.807) is 13.0 Å². The molecule has 1 fully saturated rings. The molecule has 8 heteroatoms. The highest BCUT2D eigenvalue weighted by Gasteiger charge is 2.54. The van der Waals surface area contributed by atoms with Crippen molar-refractivity contribution in [2.45, 2.75) is 44.9 Å². The van der Waals surface area contributed by atoms with Crippen LogP contribution in [-0.2, 0) is 14.3 Å². The predicted octanol–water partition coefficient (Wildman–Crippen LogP) is 1.61. The van der Waals surface area contributed by atoms with Crippen LogP contribution in [0, 0.1) is 12.8 Å². The molecule has 4 N–H and O–H groups in total. The molecule has 34 heavy (non-hydrogen) atoms. The van der Waals surface area contributed by atoms with Crippen LogP contribution in [0.2, 0.25) is 0 Å². The fraction of sp³-hybridized carbons (Fsp3) is 0.423. The van der Waals surface area contributed by atoms with Crippen molar-refractivity contribution in [1.82, 2.24) is 10.6 Å². The molecule has 2 aromatic carbocycles. The maximum atomic E-state index is 13.0. The van der Waals surface area contributed by atoms with E-state index < -0.39 is 48.5 Å². The van der Waals surface area contributed by atoms with Crippen LogP contribution in [0.25, 0.3) is 11.1 Å². The molecule has 0 spiro atoms. The fourth-order valence-corrected chi connectivity index (χ4v) is 3.80. The summed E-state index contributed by atoms with van der Waals surface area (Å²) in [6, 6.07) is 12.9. The van der Waals surface area contributed by atoms with E-state index in [1.807, 2.05) is 56.3 Å². The summed E-state index contributed by atoms with van der Waals surface area (Å²) in [4.78, 5) is 38.8. The molecule has 3 rings (SSSR count). The molecule has 0 aromatic heterocycles. The quantitative estimate of drug-likeness (QED) is 0.371. The molecule has 0 radical (unpaired) electrons. The predicted molar refractivity (Wildman–Crippen MR) is 127 cm³/mol. The second-order valence-electron chi connectivity index (χ2n) is 9.10. The van der Waals surface area contributed by atoms with E-state index in [2.05, 4.69) is 10.6 Å². The number of epoxide rings is 1. The summed E-state index contributed by atoms with van der Waals surface area (Å²) in [6.07, 6.45) is 0.333. The van der Waals surface area contributed by atoms with Crippen LogP contribution < -0.4 is 10.6 Å². The van der Waals surface area contributed by atoms with Crippen LogP contribution in [0.15, 0.2) is 48.5 Å². The van der Waals surface area contributed by atoms with Gasteiger partial charge >= 0.3 is 0 Å². The lowest BCUT2D eigenvalue weighted by molar-refractivity contribution is -0.133. The third-order valence-corrected chi connectivity index (χ3v) is 5.93. The minimum absolute atomic E-state index is 0.0780. The van der Waals surface area contributed by atoms with Crippen molar-refractivity contribution in [2.24, 2.45) is 5.92 Å². The molecule has 1 aliphatic rings. The van der Waals surface area contributed by atoms with E-state index in [4.69, 9.17) is 4.74 Å². The van der Waals surface area contributed by atoms with Gasteiger partial charge in [-0.15, -0.1) is 0 Å². The van der Waals surface area contributed by atoms with Gasteiger partial charge in [-0.1, -0.05) is 56.3 Å². The molecule has 0 aliphatic carbocycles. The molecule has 8 nitrogen and oxygen atoms in total. The van der Waals surface area contributed by atoms with Gasteiger partial charge in [0.2, 0.25) is 5.91 Å². The van der Waals surface area contributed by atoms with Gasteiger partial charge in [0.15, 0.2) is 11.4 Å². The monoisotopic (exact) mass is 468 g/mol. The van der Waals surface area contributed by atoms with Crippen LogP contribution in [0.3, 0.4) is 0 Å². The smallest absolute Gasteiger partial charge is 0.252 e. The van der Waals surface area contributed by atoms with Crippen molar-refractivity contribution < 1.29 is 29.3 Å². The number of benzene rings is 2. The molecule has 1 saturated heterocycles. The standard InChI is InChI=1S/C26H32N2O6/c1-16(2)11-21(23(31)26(14-30)15-34-26)27-25(33)22(13-29)28-24(32)20-12-19(10-9-17(20)3)18-7-5-4-6-8-18/h4-10,12,16,21-22,29-30H,11,13-15H2,1-3H3,(H,27,33)(H,28,32)/t21?,22-,26?/m0/s1. The summed E-state index contributed by atoms with van der Waals surface area (Å²) < 4.78 is 5.15. The number of hydrogen-bond acceptors (Lipinski definition) is 6. The number of Topliss-reactive ketones (excluding diaryl/α,β-unsaturated/α-hetero) is 1. The molecular formula is C26H32N2O6. The first-order valence-electron chi connectivity index (χ1n) is 11.4. The lowest BCUT2D eigenvalue weighted by Crippen LogP contribution is -2.55. The number of aryl methyl sites for hydroxylation is 1. The number of rotatable bonds is 11. The Morgan fingerprint density at radius 3 is 2.24 bits per heavy atom. The number of aliphatic hydroxyl groups excluding tert-OH is 2. The van der Waals surface area contributed by atoms with E-state index in [1.165, 1.54) is 0 Å². The van der Waals surface area contributed by atoms with Crippen LogP contribution in [-0.4, -0.2) is 65.3 Å². The van der Waals surface area contributed by atoms with E-state index in [-0.39, 0.29) is 12.5 Å². The molecule has 2 amide bonds. The van der Waals surface area contributed by atoms with E-state index >= 15 is 0 Å². The van der Waals surface area contributed by atoms with Gasteiger partial charge < -0.3 is 25.6 Å². The molecule has 2 aromatic rings. The Kier molecular flexibility index (Phi) is 8.19. The molecule has 182 valence electrons. The Hall–Kier alpha value is -3.07.